The van der Waals surface area contributed by atoms with Gasteiger partial charge in [-0.05, 0) is 24.0 Å². The van der Waals surface area contributed by atoms with Gasteiger partial charge in [0.05, 0.1) is 39.0 Å². The van der Waals surface area contributed by atoms with Gasteiger partial charge >= 0.3 is 0 Å². The first-order valence-electron chi connectivity index (χ1n) is 7.17. The van der Waals surface area contributed by atoms with Gasteiger partial charge < -0.3 is 10.2 Å². The number of thioether (sulfide) groups is 1. The Morgan fingerprint density at radius 2 is 1.96 bits per heavy atom. The summed E-state index contributed by atoms with van der Waals surface area (Å²) in [5.41, 5.74) is 2.64. The Labute approximate surface area is 153 Å². The second-order valence-electron chi connectivity index (χ2n) is 5.22. The minimum atomic E-state index is -0.816. The maximum Gasteiger partial charge on any atom is 0.0980 e. The summed E-state index contributed by atoms with van der Waals surface area (Å²) in [4.78, 5) is 3.92. The molecule has 3 aromatic rings. The van der Waals surface area contributed by atoms with Crippen LogP contribution in [0, 0.1) is 0 Å². The quantitative estimate of drug-likeness (QED) is 0.659. The summed E-state index contributed by atoms with van der Waals surface area (Å²) in [5, 5.41) is 26.2. The number of halogens is 2. The molecule has 5 nitrogen and oxygen atoms in total. The van der Waals surface area contributed by atoms with Gasteiger partial charge in [0, 0.05) is 24.4 Å². The van der Waals surface area contributed by atoms with Crippen molar-refractivity contribution in [3.63, 3.8) is 0 Å². The molecule has 0 bridgehead atoms. The lowest BCUT2D eigenvalue weighted by Crippen LogP contribution is -2.06. The lowest BCUT2D eigenvalue weighted by atomic mass is 10.0. The van der Waals surface area contributed by atoms with Crippen molar-refractivity contribution in [2.75, 3.05) is 6.26 Å². The number of aliphatic hydroxyl groups excluding tert-OH is 2. The van der Waals surface area contributed by atoms with Crippen LogP contribution < -0.4 is 0 Å². The van der Waals surface area contributed by atoms with Crippen molar-refractivity contribution in [3.05, 3.63) is 57.5 Å². The summed E-state index contributed by atoms with van der Waals surface area (Å²) in [7, 11) is 0. The molecule has 0 amide bonds. The van der Waals surface area contributed by atoms with E-state index >= 15 is 0 Å². The zero-order chi connectivity index (χ0) is 17.3. The predicted molar refractivity (Wildman–Crippen MR) is 95.8 cm³/mol. The summed E-state index contributed by atoms with van der Waals surface area (Å²) in [6.45, 7) is -0.160. The summed E-state index contributed by atoms with van der Waals surface area (Å²) in [6, 6.07) is 5.52. The van der Waals surface area contributed by atoms with Crippen molar-refractivity contribution in [3.8, 4) is 0 Å². The van der Waals surface area contributed by atoms with Gasteiger partial charge in [0.15, 0.2) is 0 Å². The number of hydrogen-bond acceptors (Lipinski definition) is 5. The van der Waals surface area contributed by atoms with Gasteiger partial charge in [0.1, 0.15) is 0 Å². The third kappa shape index (κ3) is 3.25. The molecule has 0 radical (unpaired) electrons. The van der Waals surface area contributed by atoms with Gasteiger partial charge in [-0.15, -0.1) is 11.8 Å². The molecular formula is C16H15Cl2N3O2S. The molecule has 0 aliphatic carbocycles. The molecule has 0 saturated carbocycles. The van der Waals surface area contributed by atoms with E-state index in [-0.39, 0.29) is 13.0 Å². The molecule has 24 heavy (non-hydrogen) atoms. The fourth-order valence-electron chi connectivity index (χ4n) is 2.57. The Kier molecular flexibility index (Phi) is 5.32. The number of fused-ring (bicyclic) bond motifs is 1. The average Bonchev–Trinajstić information content (AvgIpc) is 3.01. The van der Waals surface area contributed by atoms with Gasteiger partial charge in [-0.1, -0.05) is 29.3 Å². The van der Waals surface area contributed by atoms with Crippen LogP contribution in [0.25, 0.3) is 5.52 Å². The standard InChI is InChI=1S/C16H15Cl2N3O2S/c1-24-16-3-2-10(14-4-9(8-22)20-21(14)16)15(23)5-11-12(17)6-19-7-13(11)18/h2-4,6-7,15,22-23H,5,8H2,1H3. The van der Waals surface area contributed by atoms with Crippen LogP contribution in [-0.4, -0.2) is 31.1 Å². The van der Waals surface area contributed by atoms with E-state index in [0.29, 0.717) is 26.9 Å². The van der Waals surface area contributed by atoms with Gasteiger partial charge in [-0.3, -0.25) is 4.98 Å². The Hall–Kier alpha value is -1.31. The monoisotopic (exact) mass is 383 g/mol. The first kappa shape index (κ1) is 17.5. The van der Waals surface area contributed by atoms with Crippen molar-refractivity contribution in [1.29, 1.82) is 0 Å². The number of pyridine rings is 2. The van der Waals surface area contributed by atoms with Crippen molar-refractivity contribution in [1.82, 2.24) is 14.6 Å². The van der Waals surface area contributed by atoms with E-state index in [4.69, 9.17) is 23.2 Å². The highest BCUT2D eigenvalue weighted by atomic mass is 35.5. The van der Waals surface area contributed by atoms with Gasteiger partial charge in [-0.25, -0.2) is 4.52 Å². The molecule has 1 unspecified atom stereocenters. The zero-order valence-electron chi connectivity index (χ0n) is 12.8. The summed E-state index contributed by atoms with van der Waals surface area (Å²) in [5.74, 6) is 0. The lowest BCUT2D eigenvalue weighted by Gasteiger charge is -2.15. The second-order valence-corrected chi connectivity index (χ2v) is 6.86. The Morgan fingerprint density at radius 1 is 1.25 bits per heavy atom. The highest BCUT2D eigenvalue weighted by Gasteiger charge is 2.19. The number of hydrogen-bond donors (Lipinski definition) is 2. The molecule has 0 aliphatic heterocycles. The molecule has 1 atom stereocenters. The van der Waals surface area contributed by atoms with Gasteiger partial charge in [-0.2, -0.15) is 5.10 Å². The second kappa shape index (κ2) is 7.29. The molecule has 0 spiro atoms. The summed E-state index contributed by atoms with van der Waals surface area (Å²) in [6.07, 6.45) is 4.40. The molecular weight excluding hydrogens is 369 g/mol. The largest absolute Gasteiger partial charge is 0.390 e. The number of aromatic nitrogens is 3. The third-order valence-electron chi connectivity index (χ3n) is 3.75. The first-order chi connectivity index (χ1) is 11.5. The van der Waals surface area contributed by atoms with Crippen LogP contribution >= 0.6 is 35.0 Å². The van der Waals surface area contributed by atoms with Gasteiger partial charge in [0.2, 0.25) is 0 Å². The topological polar surface area (TPSA) is 70.7 Å². The summed E-state index contributed by atoms with van der Waals surface area (Å²) < 4.78 is 1.73. The SMILES string of the molecule is CSc1ccc(C(O)Cc2c(Cl)cncc2Cl)c2cc(CO)nn12. The normalized spacial score (nSPS) is 12.7. The number of nitrogens with zero attached hydrogens (tertiary/aromatic N) is 3. The minimum absolute atomic E-state index is 0.160. The van der Waals surface area contributed by atoms with E-state index in [1.165, 1.54) is 24.2 Å². The van der Waals surface area contributed by atoms with E-state index < -0.39 is 6.10 Å². The highest BCUT2D eigenvalue weighted by molar-refractivity contribution is 7.98. The molecule has 126 valence electrons. The average molecular weight is 384 g/mol. The molecule has 2 N–H and O–H groups in total. The molecule has 0 saturated heterocycles. The fraction of sp³-hybridized carbons (Fsp3) is 0.250. The van der Waals surface area contributed by atoms with E-state index in [1.54, 1.807) is 10.6 Å². The van der Waals surface area contributed by atoms with Crippen LogP contribution in [-0.2, 0) is 13.0 Å². The Bertz CT molecular complexity index is 865. The fourth-order valence-corrected chi connectivity index (χ4v) is 3.61. The summed E-state index contributed by atoms with van der Waals surface area (Å²) >= 11 is 13.8. The van der Waals surface area contributed by atoms with Crippen molar-refractivity contribution < 1.29 is 10.2 Å². The molecule has 3 aromatic heterocycles. The third-order valence-corrected chi connectivity index (χ3v) is 5.13. The van der Waals surface area contributed by atoms with Crippen LogP contribution in [0.2, 0.25) is 10.0 Å². The van der Waals surface area contributed by atoms with E-state index in [2.05, 4.69) is 10.1 Å². The predicted octanol–water partition coefficient (Wildman–Crippen LogP) is 3.53. The molecule has 3 rings (SSSR count). The van der Waals surface area contributed by atoms with Gasteiger partial charge in [0.25, 0.3) is 0 Å². The molecule has 8 heteroatoms. The molecule has 3 heterocycles. The minimum Gasteiger partial charge on any atom is -0.390 e. The van der Waals surface area contributed by atoms with Crippen LogP contribution in [0.5, 0.6) is 0 Å². The molecule has 0 fully saturated rings. The smallest absolute Gasteiger partial charge is 0.0980 e. The van der Waals surface area contributed by atoms with Crippen LogP contribution in [0.15, 0.2) is 35.6 Å². The maximum atomic E-state index is 10.7. The van der Waals surface area contributed by atoms with Crippen molar-refractivity contribution in [2.45, 2.75) is 24.2 Å². The Balaban J connectivity index is 2.04. The maximum absolute atomic E-state index is 10.7. The van der Waals surface area contributed by atoms with E-state index in [0.717, 1.165) is 10.5 Å². The van der Waals surface area contributed by atoms with Crippen molar-refractivity contribution >= 4 is 40.5 Å². The van der Waals surface area contributed by atoms with Crippen LogP contribution in [0.4, 0.5) is 0 Å². The molecule has 0 aliphatic rings. The van der Waals surface area contributed by atoms with E-state index in [1.807, 2.05) is 18.4 Å². The molecule has 0 aromatic carbocycles. The van der Waals surface area contributed by atoms with Crippen LogP contribution in [0.1, 0.15) is 22.9 Å². The zero-order valence-corrected chi connectivity index (χ0v) is 15.1. The first-order valence-corrected chi connectivity index (χ1v) is 9.15. The van der Waals surface area contributed by atoms with Crippen molar-refractivity contribution in [2.24, 2.45) is 0 Å². The Morgan fingerprint density at radius 3 is 2.58 bits per heavy atom. The lowest BCUT2D eigenvalue weighted by molar-refractivity contribution is 0.179. The number of aliphatic hydroxyl groups is 2. The van der Waals surface area contributed by atoms with E-state index in [9.17, 15) is 10.2 Å². The highest BCUT2D eigenvalue weighted by Crippen LogP contribution is 2.31. The van der Waals surface area contributed by atoms with Crippen LogP contribution in [0.3, 0.4) is 0 Å². The number of rotatable bonds is 5.